The summed E-state index contributed by atoms with van der Waals surface area (Å²) in [5.74, 6) is 0.748. The minimum atomic E-state index is -0.404. The predicted molar refractivity (Wildman–Crippen MR) is 88.8 cm³/mol. The highest BCUT2D eigenvalue weighted by Crippen LogP contribution is 2.33. The lowest BCUT2D eigenvalue weighted by Gasteiger charge is -2.37. The van der Waals surface area contributed by atoms with Crippen LogP contribution in [0.1, 0.15) is 56.7 Å². The monoisotopic (exact) mass is 304 g/mol. The normalized spacial score (nSPS) is 26.3. The Morgan fingerprint density at radius 3 is 2.82 bits per heavy atom. The molecule has 1 saturated carbocycles. The van der Waals surface area contributed by atoms with Crippen LogP contribution in [0.15, 0.2) is 18.2 Å². The number of rotatable bonds is 4. The first-order valence-corrected chi connectivity index (χ1v) is 8.09. The van der Waals surface area contributed by atoms with E-state index in [9.17, 15) is 4.79 Å². The van der Waals surface area contributed by atoms with Gasteiger partial charge in [0.15, 0.2) is 0 Å². The van der Waals surface area contributed by atoms with Gasteiger partial charge in [-0.05, 0) is 39.7 Å². The van der Waals surface area contributed by atoms with E-state index in [2.05, 4.69) is 11.4 Å². The molecule has 4 heteroatoms. The van der Waals surface area contributed by atoms with E-state index in [4.69, 9.17) is 10.5 Å². The first kappa shape index (κ1) is 16.8. The molecule has 0 radical (unpaired) electrons. The van der Waals surface area contributed by atoms with Crippen LogP contribution in [0.25, 0.3) is 0 Å². The number of hydrogen-bond acceptors (Lipinski definition) is 3. The highest BCUT2D eigenvalue weighted by Gasteiger charge is 2.38. The lowest BCUT2D eigenvalue weighted by molar-refractivity contribution is -0.128. The molecule has 1 aliphatic rings. The van der Waals surface area contributed by atoms with Crippen LogP contribution in [0, 0.1) is 12.8 Å². The van der Waals surface area contributed by atoms with Gasteiger partial charge in [-0.25, -0.2) is 0 Å². The van der Waals surface area contributed by atoms with Gasteiger partial charge in [0.1, 0.15) is 5.75 Å². The summed E-state index contributed by atoms with van der Waals surface area (Å²) in [6, 6.07) is 5.92. The second kappa shape index (κ2) is 6.69. The molecule has 2 rings (SSSR count). The Morgan fingerprint density at radius 2 is 2.18 bits per heavy atom. The Labute approximate surface area is 133 Å². The van der Waals surface area contributed by atoms with Crippen LogP contribution in [-0.4, -0.2) is 18.6 Å². The Balaban J connectivity index is 2.13. The van der Waals surface area contributed by atoms with Crippen LogP contribution in [0.2, 0.25) is 0 Å². The van der Waals surface area contributed by atoms with Gasteiger partial charge in [0.05, 0.1) is 19.1 Å². The number of carbonyl (C=O) groups excluding carboxylic acids is 1. The van der Waals surface area contributed by atoms with E-state index in [-0.39, 0.29) is 17.9 Å². The molecule has 122 valence electrons. The molecular formula is C18H28N2O2. The largest absolute Gasteiger partial charge is 0.496 e. The maximum atomic E-state index is 12.7. The van der Waals surface area contributed by atoms with Gasteiger partial charge in [-0.2, -0.15) is 0 Å². The van der Waals surface area contributed by atoms with E-state index in [1.807, 2.05) is 32.9 Å². The molecule has 3 N–H and O–H groups in total. The second-order valence-corrected chi connectivity index (χ2v) is 6.78. The number of ether oxygens (including phenoxy) is 1. The molecule has 1 fully saturated rings. The molecule has 0 aromatic heterocycles. The Bertz CT molecular complexity index is 540. The Morgan fingerprint density at radius 1 is 1.45 bits per heavy atom. The average Bonchev–Trinajstić information content (AvgIpc) is 2.46. The van der Waals surface area contributed by atoms with Gasteiger partial charge in [-0.15, -0.1) is 0 Å². The highest BCUT2D eigenvalue weighted by atomic mass is 16.5. The molecule has 4 nitrogen and oxygen atoms in total. The van der Waals surface area contributed by atoms with Crippen LogP contribution < -0.4 is 15.8 Å². The van der Waals surface area contributed by atoms with Crippen molar-refractivity contribution in [3.05, 3.63) is 29.3 Å². The van der Waals surface area contributed by atoms with Crippen molar-refractivity contribution in [3.8, 4) is 5.75 Å². The van der Waals surface area contributed by atoms with Crippen LogP contribution in [0.3, 0.4) is 0 Å². The zero-order valence-corrected chi connectivity index (χ0v) is 14.1. The first-order chi connectivity index (χ1) is 10.3. The summed E-state index contributed by atoms with van der Waals surface area (Å²) in [7, 11) is 1.65. The summed E-state index contributed by atoms with van der Waals surface area (Å²) in [6.07, 6.45) is 3.97. The number of amides is 1. The molecule has 3 unspecified atom stereocenters. The molecular weight excluding hydrogens is 276 g/mol. The number of nitrogens with two attached hydrogens (primary N) is 1. The third-order valence-corrected chi connectivity index (χ3v) is 4.78. The number of hydrogen-bond donors (Lipinski definition) is 2. The van der Waals surface area contributed by atoms with Gasteiger partial charge in [0, 0.05) is 11.1 Å². The number of carbonyl (C=O) groups is 1. The molecule has 1 aromatic carbocycles. The van der Waals surface area contributed by atoms with E-state index in [0.29, 0.717) is 0 Å². The van der Waals surface area contributed by atoms with Crippen molar-refractivity contribution in [2.24, 2.45) is 11.7 Å². The number of methoxy groups -OCH3 is 1. The van der Waals surface area contributed by atoms with Crippen LogP contribution >= 0.6 is 0 Å². The van der Waals surface area contributed by atoms with Crippen molar-refractivity contribution in [3.63, 3.8) is 0 Å². The molecule has 22 heavy (non-hydrogen) atoms. The second-order valence-electron chi connectivity index (χ2n) is 6.78. The molecule has 0 aliphatic heterocycles. The molecule has 1 amide bonds. The quantitative estimate of drug-likeness (QED) is 0.898. The third-order valence-electron chi connectivity index (χ3n) is 4.78. The van der Waals surface area contributed by atoms with Gasteiger partial charge >= 0.3 is 0 Å². The van der Waals surface area contributed by atoms with Crippen molar-refractivity contribution in [2.45, 2.75) is 58.0 Å². The van der Waals surface area contributed by atoms with E-state index < -0.39 is 5.54 Å². The maximum absolute atomic E-state index is 12.7. The Kier molecular flexibility index (Phi) is 5.12. The lowest BCUT2D eigenvalue weighted by atomic mass is 9.74. The molecule has 0 heterocycles. The Hall–Kier alpha value is -1.55. The summed E-state index contributed by atoms with van der Waals surface area (Å²) in [5.41, 5.74) is 8.08. The minimum Gasteiger partial charge on any atom is -0.496 e. The van der Waals surface area contributed by atoms with Crippen molar-refractivity contribution < 1.29 is 9.53 Å². The number of benzene rings is 1. The molecule has 0 bridgehead atoms. The average molecular weight is 304 g/mol. The van der Waals surface area contributed by atoms with Gasteiger partial charge in [0.25, 0.3) is 0 Å². The SMILES string of the molecule is COc1ccc(C)cc1C(C)NC(=O)C1CCCCC1(C)N. The van der Waals surface area contributed by atoms with E-state index >= 15 is 0 Å². The van der Waals surface area contributed by atoms with Crippen molar-refractivity contribution in [1.82, 2.24) is 5.32 Å². The highest BCUT2D eigenvalue weighted by molar-refractivity contribution is 5.80. The van der Waals surface area contributed by atoms with Crippen LogP contribution in [0.4, 0.5) is 0 Å². The molecule has 0 spiro atoms. The molecule has 1 aromatic rings. The van der Waals surface area contributed by atoms with Gasteiger partial charge < -0.3 is 15.8 Å². The minimum absolute atomic E-state index is 0.0563. The summed E-state index contributed by atoms with van der Waals surface area (Å²) in [5, 5.41) is 3.12. The number of nitrogens with one attached hydrogen (secondary N) is 1. The summed E-state index contributed by atoms with van der Waals surface area (Å²) >= 11 is 0. The lowest BCUT2D eigenvalue weighted by Crippen LogP contribution is -2.53. The van der Waals surface area contributed by atoms with Crippen molar-refractivity contribution in [2.75, 3.05) is 7.11 Å². The van der Waals surface area contributed by atoms with Gasteiger partial charge in [-0.1, -0.05) is 30.5 Å². The summed E-state index contributed by atoms with van der Waals surface area (Å²) in [4.78, 5) is 12.7. The summed E-state index contributed by atoms with van der Waals surface area (Å²) < 4.78 is 5.41. The predicted octanol–water partition coefficient (Wildman–Crippen LogP) is 3.09. The zero-order valence-electron chi connectivity index (χ0n) is 14.1. The van der Waals surface area contributed by atoms with E-state index in [1.54, 1.807) is 7.11 Å². The molecule has 1 aliphatic carbocycles. The molecule has 3 atom stereocenters. The summed E-state index contributed by atoms with van der Waals surface area (Å²) in [6.45, 7) is 6.02. The fraction of sp³-hybridized carbons (Fsp3) is 0.611. The van der Waals surface area contributed by atoms with Crippen LogP contribution in [-0.2, 0) is 4.79 Å². The molecule has 0 saturated heterocycles. The third kappa shape index (κ3) is 3.61. The number of aryl methyl sites for hydroxylation is 1. The van der Waals surface area contributed by atoms with Crippen LogP contribution in [0.5, 0.6) is 5.75 Å². The smallest absolute Gasteiger partial charge is 0.225 e. The fourth-order valence-electron chi connectivity index (χ4n) is 3.37. The van der Waals surface area contributed by atoms with Crippen molar-refractivity contribution >= 4 is 5.91 Å². The zero-order chi connectivity index (χ0) is 16.3. The van der Waals surface area contributed by atoms with E-state index in [0.717, 1.165) is 42.6 Å². The maximum Gasteiger partial charge on any atom is 0.225 e. The first-order valence-electron chi connectivity index (χ1n) is 8.09. The fourth-order valence-corrected chi connectivity index (χ4v) is 3.37. The van der Waals surface area contributed by atoms with E-state index in [1.165, 1.54) is 0 Å². The van der Waals surface area contributed by atoms with Gasteiger partial charge in [0.2, 0.25) is 5.91 Å². The van der Waals surface area contributed by atoms with Gasteiger partial charge in [-0.3, -0.25) is 4.79 Å². The van der Waals surface area contributed by atoms with Crippen molar-refractivity contribution in [1.29, 1.82) is 0 Å². The topological polar surface area (TPSA) is 64.3 Å². The standard InChI is InChI=1S/C18H28N2O2/c1-12-8-9-16(22-4)14(11-12)13(2)20-17(21)15-7-5-6-10-18(15,3)19/h8-9,11,13,15H,5-7,10,19H2,1-4H3,(H,20,21).